The van der Waals surface area contributed by atoms with Crippen molar-refractivity contribution in [1.82, 2.24) is 9.62 Å². The molecule has 2 aliphatic rings. The Balaban J connectivity index is 0.00000116. The number of hydrogen-bond acceptors (Lipinski definition) is 4. The molecule has 0 aliphatic carbocycles. The predicted molar refractivity (Wildman–Crippen MR) is 91.5 cm³/mol. The van der Waals surface area contributed by atoms with Crippen molar-refractivity contribution in [3.63, 3.8) is 0 Å². The van der Waals surface area contributed by atoms with Crippen LogP contribution in [0.4, 0.5) is 0 Å². The highest BCUT2D eigenvalue weighted by molar-refractivity contribution is 7.89. The maximum absolute atomic E-state index is 12.1. The summed E-state index contributed by atoms with van der Waals surface area (Å²) in [6.45, 7) is 11.7. The van der Waals surface area contributed by atoms with E-state index in [4.69, 9.17) is 4.74 Å². The Morgan fingerprint density at radius 1 is 1.09 bits per heavy atom. The predicted octanol–water partition coefficient (Wildman–Crippen LogP) is 2.23. The zero-order valence-corrected chi connectivity index (χ0v) is 15.5. The number of rotatable bonds is 5. The molecule has 0 aromatic carbocycles. The Morgan fingerprint density at radius 3 is 2.14 bits per heavy atom. The molecule has 2 saturated heterocycles. The minimum atomic E-state index is -3.07. The van der Waals surface area contributed by atoms with Crippen LogP contribution in [0.25, 0.3) is 0 Å². The largest absolute Gasteiger partial charge is 0.378 e. The molecule has 22 heavy (non-hydrogen) atoms. The number of nitrogens with zero attached hydrogens (tertiary/aromatic N) is 1. The van der Waals surface area contributed by atoms with E-state index >= 15 is 0 Å². The highest BCUT2D eigenvalue weighted by Crippen LogP contribution is 2.22. The monoisotopic (exact) mass is 334 g/mol. The summed E-state index contributed by atoms with van der Waals surface area (Å²) < 4.78 is 31.8. The number of nitrogens with one attached hydrogen (secondary N) is 1. The van der Waals surface area contributed by atoms with E-state index < -0.39 is 10.0 Å². The van der Waals surface area contributed by atoms with Crippen LogP contribution in [0.15, 0.2) is 0 Å². The fraction of sp³-hybridized carbons (Fsp3) is 1.00. The molecule has 2 aliphatic heterocycles. The van der Waals surface area contributed by atoms with Gasteiger partial charge in [-0.2, -0.15) is 0 Å². The summed E-state index contributed by atoms with van der Waals surface area (Å²) in [6.07, 6.45) is 4.45. The number of ether oxygens (including phenoxy) is 1. The lowest BCUT2D eigenvalue weighted by atomic mass is 9.99. The second-order valence-electron chi connectivity index (χ2n) is 6.22. The Hall–Kier alpha value is -0.170. The standard InChI is InChI=1S/C14H28N2O3S.C2H6/c1-12(2)20(17,18)16-9-5-13(6-10-16)11-19-14-3-7-15-8-4-14;1-2/h12-15H,3-11H2,1-2H3;1-2H3. The Bertz CT molecular complexity index is 384. The van der Waals surface area contributed by atoms with Crippen molar-refractivity contribution in [2.45, 2.75) is 64.7 Å². The van der Waals surface area contributed by atoms with Crippen molar-refractivity contribution in [3.8, 4) is 0 Å². The summed E-state index contributed by atoms with van der Waals surface area (Å²) in [5.74, 6) is 0.517. The molecule has 0 saturated carbocycles. The molecule has 0 aromatic rings. The van der Waals surface area contributed by atoms with Crippen LogP contribution < -0.4 is 5.32 Å². The SMILES string of the molecule is CC.CC(C)S(=O)(=O)N1CCC(COC2CCNCC2)CC1. The van der Waals surface area contributed by atoms with Crippen molar-refractivity contribution >= 4 is 10.0 Å². The molecule has 0 aromatic heterocycles. The fourth-order valence-electron chi connectivity index (χ4n) is 2.86. The number of hydrogen-bond donors (Lipinski definition) is 1. The molecular weight excluding hydrogens is 300 g/mol. The molecule has 5 nitrogen and oxygen atoms in total. The Kier molecular flexibility index (Phi) is 8.90. The van der Waals surface area contributed by atoms with Crippen molar-refractivity contribution in [2.75, 3.05) is 32.8 Å². The third-order valence-electron chi connectivity index (χ3n) is 4.38. The van der Waals surface area contributed by atoms with Gasteiger partial charge in [-0.1, -0.05) is 13.8 Å². The van der Waals surface area contributed by atoms with Gasteiger partial charge < -0.3 is 10.1 Å². The molecular formula is C16H34N2O3S. The van der Waals surface area contributed by atoms with Crippen LogP contribution in [0, 0.1) is 5.92 Å². The lowest BCUT2D eigenvalue weighted by Crippen LogP contribution is -2.43. The van der Waals surface area contributed by atoms with Gasteiger partial charge in [0.2, 0.25) is 10.0 Å². The zero-order valence-electron chi connectivity index (χ0n) is 14.7. The van der Waals surface area contributed by atoms with Crippen LogP contribution in [0.1, 0.15) is 53.4 Å². The molecule has 2 heterocycles. The van der Waals surface area contributed by atoms with Gasteiger partial charge in [-0.05, 0) is 58.5 Å². The van der Waals surface area contributed by atoms with Crippen LogP contribution >= 0.6 is 0 Å². The maximum atomic E-state index is 12.1. The van der Waals surface area contributed by atoms with Crippen molar-refractivity contribution in [3.05, 3.63) is 0 Å². The van der Waals surface area contributed by atoms with Gasteiger partial charge >= 0.3 is 0 Å². The molecule has 2 fully saturated rings. The van der Waals surface area contributed by atoms with Crippen molar-refractivity contribution in [2.24, 2.45) is 5.92 Å². The third-order valence-corrected chi connectivity index (χ3v) is 6.66. The third kappa shape index (κ3) is 5.80. The first-order valence-corrected chi connectivity index (χ1v) is 10.3. The van der Waals surface area contributed by atoms with Crippen molar-refractivity contribution in [1.29, 1.82) is 0 Å². The first-order valence-electron chi connectivity index (χ1n) is 8.81. The smallest absolute Gasteiger partial charge is 0.216 e. The van der Waals surface area contributed by atoms with Gasteiger partial charge in [-0.3, -0.25) is 0 Å². The fourth-order valence-corrected chi connectivity index (χ4v) is 4.18. The van der Waals surface area contributed by atoms with E-state index in [0.717, 1.165) is 45.4 Å². The molecule has 1 N–H and O–H groups in total. The highest BCUT2D eigenvalue weighted by atomic mass is 32.2. The molecule has 0 spiro atoms. The molecule has 132 valence electrons. The van der Waals surface area contributed by atoms with E-state index in [9.17, 15) is 8.42 Å². The van der Waals surface area contributed by atoms with Gasteiger partial charge in [-0.15, -0.1) is 0 Å². The summed E-state index contributed by atoms with van der Waals surface area (Å²) >= 11 is 0. The van der Waals surface area contributed by atoms with E-state index in [2.05, 4.69) is 5.32 Å². The first-order chi connectivity index (χ1) is 10.5. The Labute approximate surface area is 136 Å². The summed E-state index contributed by atoms with van der Waals surface area (Å²) in [7, 11) is -3.07. The van der Waals surface area contributed by atoms with Crippen LogP contribution in [0.2, 0.25) is 0 Å². The molecule has 0 amide bonds. The number of sulfonamides is 1. The lowest BCUT2D eigenvalue weighted by Gasteiger charge is -2.33. The second-order valence-corrected chi connectivity index (χ2v) is 8.71. The summed E-state index contributed by atoms with van der Waals surface area (Å²) in [6, 6.07) is 0. The first kappa shape index (κ1) is 19.9. The Morgan fingerprint density at radius 2 is 1.64 bits per heavy atom. The molecule has 6 heteroatoms. The lowest BCUT2D eigenvalue weighted by molar-refractivity contribution is 0.00275. The maximum Gasteiger partial charge on any atom is 0.216 e. The van der Waals surface area contributed by atoms with Gasteiger partial charge in [0.05, 0.1) is 11.4 Å². The van der Waals surface area contributed by atoms with Crippen molar-refractivity contribution < 1.29 is 13.2 Å². The van der Waals surface area contributed by atoms with Crippen LogP contribution in [-0.2, 0) is 14.8 Å². The summed E-state index contributed by atoms with van der Waals surface area (Å²) in [5.41, 5.74) is 0. The zero-order chi connectivity index (χ0) is 16.6. The van der Waals surface area contributed by atoms with E-state index in [-0.39, 0.29) is 5.25 Å². The minimum absolute atomic E-state index is 0.315. The normalized spacial score (nSPS) is 22.4. The van der Waals surface area contributed by atoms with Crippen LogP contribution in [-0.4, -0.2) is 56.9 Å². The summed E-state index contributed by atoms with van der Waals surface area (Å²) in [5, 5.41) is 3.02. The van der Waals surface area contributed by atoms with Gasteiger partial charge in [0.15, 0.2) is 0 Å². The van der Waals surface area contributed by atoms with E-state index in [1.807, 2.05) is 13.8 Å². The van der Waals surface area contributed by atoms with Crippen LogP contribution in [0.5, 0.6) is 0 Å². The second kappa shape index (κ2) is 9.85. The highest BCUT2D eigenvalue weighted by Gasteiger charge is 2.30. The van der Waals surface area contributed by atoms with Gasteiger partial charge in [0, 0.05) is 19.7 Å². The molecule has 2 rings (SSSR count). The van der Waals surface area contributed by atoms with Crippen LogP contribution in [0.3, 0.4) is 0 Å². The average Bonchev–Trinajstić information content (AvgIpc) is 2.56. The molecule has 0 radical (unpaired) electrons. The molecule has 0 bridgehead atoms. The quantitative estimate of drug-likeness (QED) is 0.837. The van der Waals surface area contributed by atoms with Gasteiger partial charge in [0.25, 0.3) is 0 Å². The van der Waals surface area contributed by atoms with E-state index in [1.165, 1.54) is 0 Å². The van der Waals surface area contributed by atoms with E-state index in [0.29, 0.717) is 25.1 Å². The number of piperidine rings is 2. The molecule has 0 atom stereocenters. The summed E-state index contributed by atoms with van der Waals surface area (Å²) in [4.78, 5) is 0. The molecule has 0 unspecified atom stereocenters. The minimum Gasteiger partial charge on any atom is -0.378 e. The van der Waals surface area contributed by atoms with Gasteiger partial charge in [-0.25, -0.2) is 12.7 Å². The average molecular weight is 335 g/mol. The van der Waals surface area contributed by atoms with E-state index in [1.54, 1.807) is 18.2 Å². The van der Waals surface area contributed by atoms with Gasteiger partial charge in [0.1, 0.15) is 0 Å². The topological polar surface area (TPSA) is 58.6 Å².